The molecule has 0 aliphatic carbocycles. The van der Waals surface area contributed by atoms with Crippen LogP contribution >= 0.6 is 35.0 Å². The molecule has 2 aromatic heterocycles. The van der Waals surface area contributed by atoms with Crippen LogP contribution in [-0.2, 0) is 4.79 Å². The van der Waals surface area contributed by atoms with Crippen LogP contribution in [0.5, 0.6) is 0 Å². The number of hydrogen-bond acceptors (Lipinski definition) is 5. The molecule has 1 N–H and O–H groups in total. The van der Waals surface area contributed by atoms with Gasteiger partial charge in [-0.15, -0.1) is 10.2 Å². The monoisotopic (exact) mass is 444 g/mol. The summed E-state index contributed by atoms with van der Waals surface area (Å²) in [6.45, 7) is 0. The van der Waals surface area contributed by atoms with E-state index >= 15 is 0 Å². The number of nitrogens with one attached hydrogen (secondary N) is 1. The summed E-state index contributed by atoms with van der Waals surface area (Å²) in [7, 11) is 0. The number of amides is 1. The number of para-hydroxylation sites is 1. The van der Waals surface area contributed by atoms with E-state index < -0.39 is 0 Å². The maximum Gasteiger partial charge on any atom is 0.234 e. The second kappa shape index (κ2) is 8.73. The second-order valence-electron chi connectivity index (χ2n) is 5.92. The fraction of sp³-hybridized carbons (Fsp3) is 0.0500. The first kappa shape index (κ1) is 19.6. The lowest BCUT2D eigenvalue weighted by Crippen LogP contribution is -2.15. The standard InChI is InChI=1S/C20H14Cl2N4O2S/c21-13-8-9-15(22)16(11-13)23-18(27)12-29-20-25-24-19(17-7-4-10-28-17)26(20)14-5-2-1-3-6-14/h1-11H,12H2,(H,23,27). The Labute approximate surface area is 180 Å². The van der Waals surface area contributed by atoms with Crippen molar-refractivity contribution in [2.24, 2.45) is 0 Å². The van der Waals surface area contributed by atoms with Gasteiger partial charge in [0.1, 0.15) is 0 Å². The van der Waals surface area contributed by atoms with E-state index in [1.54, 1.807) is 30.5 Å². The maximum absolute atomic E-state index is 12.4. The van der Waals surface area contributed by atoms with Gasteiger partial charge in [0, 0.05) is 10.7 Å². The van der Waals surface area contributed by atoms with Crippen LogP contribution in [0.25, 0.3) is 17.3 Å². The fourth-order valence-corrected chi connectivity index (χ4v) is 3.74. The van der Waals surface area contributed by atoms with Gasteiger partial charge in [-0.1, -0.05) is 53.2 Å². The molecule has 4 aromatic rings. The third-order valence-corrected chi connectivity index (χ3v) is 5.42. The van der Waals surface area contributed by atoms with Crippen molar-refractivity contribution in [3.8, 4) is 17.3 Å². The quantitative estimate of drug-likeness (QED) is 0.393. The topological polar surface area (TPSA) is 73.0 Å². The van der Waals surface area contributed by atoms with Gasteiger partial charge in [0.15, 0.2) is 10.9 Å². The van der Waals surface area contributed by atoms with Crippen molar-refractivity contribution in [1.82, 2.24) is 14.8 Å². The Morgan fingerprint density at radius 3 is 2.66 bits per heavy atom. The second-order valence-corrected chi connectivity index (χ2v) is 7.70. The summed E-state index contributed by atoms with van der Waals surface area (Å²) in [6, 6.07) is 18.1. The van der Waals surface area contributed by atoms with Crippen LogP contribution in [0.1, 0.15) is 0 Å². The highest BCUT2D eigenvalue weighted by Gasteiger charge is 2.19. The molecular weight excluding hydrogens is 431 g/mol. The van der Waals surface area contributed by atoms with E-state index in [1.807, 2.05) is 41.0 Å². The Hall–Kier alpha value is -2.74. The highest BCUT2D eigenvalue weighted by Crippen LogP contribution is 2.29. The lowest BCUT2D eigenvalue weighted by atomic mass is 10.3. The molecule has 0 bridgehead atoms. The molecule has 6 nitrogen and oxygen atoms in total. The Balaban J connectivity index is 1.56. The number of aromatic nitrogens is 3. The average Bonchev–Trinajstić information content (AvgIpc) is 3.39. The van der Waals surface area contributed by atoms with Gasteiger partial charge < -0.3 is 9.73 Å². The number of halogens is 2. The van der Waals surface area contributed by atoms with Crippen molar-refractivity contribution in [3.63, 3.8) is 0 Å². The highest BCUT2D eigenvalue weighted by atomic mass is 35.5. The number of hydrogen-bond donors (Lipinski definition) is 1. The lowest BCUT2D eigenvalue weighted by Gasteiger charge is -2.10. The summed E-state index contributed by atoms with van der Waals surface area (Å²) in [4.78, 5) is 12.4. The van der Waals surface area contributed by atoms with E-state index in [9.17, 15) is 4.79 Å². The van der Waals surface area contributed by atoms with Crippen LogP contribution < -0.4 is 5.32 Å². The van der Waals surface area contributed by atoms with Gasteiger partial charge in [-0.3, -0.25) is 9.36 Å². The van der Waals surface area contributed by atoms with Gasteiger partial charge >= 0.3 is 0 Å². The summed E-state index contributed by atoms with van der Waals surface area (Å²) >= 11 is 13.3. The number of nitrogens with zero attached hydrogens (tertiary/aromatic N) is 3. The highest BCUT2D eigenvalue weighted by molar-refractivity contribution is 7.99. The predicted molar refractivity (Wildman–Crippen MR) is 115 cm³/mol. The van der Waals surface area contributed by atoms with Gasteiger partial charge in [-0.05, 0) is 42.5 Å². The molecule has 9 heteroatoms. The molecule has 0 aliphatic rings. The van der Waals surface area contributed by atoms with Crippen molar-refractivity contribution in [2.45, 2.75) is 5.16 Å². The predicted octanol–water partition coefficient (Wildman–Crippen LogP) is 5.56. The molecule has 0 radical (unpaired) electrons. The van der Waals surface area contributed by atoms with E-state index in [1.165, 1.54) is 11.8 Å². The number of carbonyl (C=O) groups excluding carboxylic acids is 1. The van der Waals surface area contributed by atoms with Gasteiger partial charge in [-0.25, -0.2) is 0 Å². The molecule has 0 aliphatic heterocycles. The molecule has 0 spiro atoms. The van der Waals surface area contributed by atoms with Gasteiger partial charge in [-0.2, -0.15) is 0 Å². The molecule has 0 atom stereocenters. The minimum Gasteiger partial charge on any atom is -0.461 e. The fourth-order valence-electron chi connectivity index (χ4n) is 2.65. The van der Waals surface area contributed by atoms with Crippen molar-refractivity contribution < 1.29 is 9.21 Å². The normalized spacial score (nSPS) is 10.8. The van der Waals surface area contributed by atoms with E-state index in [0.29, 0.717) is 32.5 Å². The first-order valence-corrected chi connectivity index (χ1v) is 10.3. The van der Waals surface area contributed by atoms with Crippen LogP contribution in [0.2, 0.25) is 10.0 Å². The maximum atomic E-state index is 12.4. The number of thioether (sulfide) groups is 1. The van der Waals surface area contributed by atoms with Crippen molar-refractivity contribution >= 4 is 46.6 Å². The third kappa shape index (κ3) is 4.48. The number of furan rings is 1. The van der Waals surface area contributed by atoms with Gasteiger partial charge in [0.05, 0.1) is 22.7 Å². The summed E-state index contributed by atoms with van der Waals surface area (Å²) in [5, 5.41) is 12.7. The van der Waals surface area contributed by atoms with E-state index in [-0.39, 0.29) is 11.7 Å². The molecule has 0 fully saturated rings. The van der Waals surface area contributed by atoms with Gasteiger partial charge in [0.25, 0.3) is 0 Å². The van der Waals surface area contributed by atoms with E-state index in [4.69, 9.17) is 27.6 Å². The minimum absolute atomic E-state index is 0.117. The SMILES string of the molecule is O=C(CSc1nnc(-c2ccco2)n1-c1ccccc1)Nc1cc(Cl)ccc1Cl. The number of rotatable bonds is 6. The molecule has 146 valence electrons. The Morgan fingerprint density at radius 1 is 1.07 bits per heavy atom. The molecule has 0 unspecified atom stereocenters. The summed E-state index contributed by atoms with van der Waals surface area (Å²) < 4.78 is 7.34. The Morgan fingerprint density at radius 2 is 1.90 bits per heavy atom. The van der Waals surface area contributed by atoms with Crippen LogP contribution in [0.3, 0.4) is 0 Å². The van der Waals surface area contributed by atoms with Crippen molar-refractivity contribution in [2.75, 3.05) is 11.1 Å². The minimum atomic E-state index is -0.235. The molecular formula is C20H14Cl2N4O2S. The smallest absolute Gasteiger partial charge is 0.234 e. The first-order valence-electron chi connectivity index (χ1n) is 8.54. The van der Waals surface area contributed by atoms with E-state index in [2.05, 4.69) is 15.5 Å². The van der Waals surface area contributed by atoms with Crippen molar-refractivity contribution in [1.29, 1.82) is 0 Å². The zero-order valence-corrected chi connectivity index (χ0v) is 17.2. The lowest BCUT2D eigenvalue weighted by molar-refractivity contribution is -0.113. The molecule has 29 heavy (non-hydrogen) atoms. The molecule has 2 aromatic carbocycles. The largest absolute Gasteiger partial charge is 0.461 e. The molecule has 4 rings (SSSR count). The number of benzene rings is 2. The summed E-state index contributed by atoms with van der Waals surface area (Å²) in [5.74, 6) is 1.03. The number of carbonyl (C=O) groups is 1. The zero-order chi connectivity index (χ0) is 20.2. The Kier molecular flexibility index (Phi) is 5.89. The van der Waals surface area contributed by atoms with Crippen LogP contribution in [0.4, 0.5) is 5.69 Å². The van der Waals surface area contributed by atoms with Gasteiger partial charge in [0.2, 0.25) is 11.7 Å². The Bertz CT molecular complexity index is 1130. The third-order valence-electron chi connectivity index (χ3n) is 3.92. The molecule has 0 saturated heterocycles. The molecule has 1 amide bonds. The van der Waals surface area contributed by atoms with Crippen molar-refractivity contribution in [3.05, 3.63) is 77.0 Å². The molecule has 2 heterocycles. The average molecular weight is 445 g/mol. The van der Waals surface area contributed by atoms with E-state index in [0.717, 1.165) is 5.69 Å². The molecule has 0 saturated carbocycles. The summed E-state index contributed by atoms with van der Waals surface area (Å²) in [5.41, 5.74) is 1.33. The van der Waals surface area contributed by atoms with Crippen LogP contribution in [-0.4, -0.2) is 26.4 Å². The first-order chi connectivity index (χ1) is 14.1. The number of anilines is 1. The van der Waals surface area contributed by atoms with Crippen LogP contribution in [0, 0.1) is 0 Å². The zero-order valence-electron chi connectivity index (χ0n) is 14.9. The van der Waals surface area contributed by atoms with Crippen LogP contribution in [0.15, 0.2) is 76.5 Å². The summed E-state index contributed by atoms with van der Waals surface area (Å²) in [6.07, 6.45) is 1.58.